The third kappa shape index (κ3) is 2.73. The van der Waals surface area contributed by atoms with Gasteiger partial charge >= 0.3 is 0 Å². The molecule has 9 aromatic rings. The number of benzene rings is 4. The molecule has 0 unspecified atom stereocenters. The van der Waals surface area contributed by atoms with Crippen LogP contribution in [0.1, 0.15) is 0 Å². The summed E-state index contributed by atoms with van der Waals surface area (Å²) in [4.78, 5) is 9.41. The van der Waals surface area contributed by atoms with Gasteiger partial charge in [-0.05, 0) is 48.5 Å². The first-order valence-corrected chi connectivity index (χ1v) is 13.0. The van der Waals surface area contributed by atoms with Crippen molar-refractivity contribution in [1.82, 2.24) is 19.1 Å². The monoisotopic (exact) mass is 500 g/mol. The summed E-state index contributed by atoms with van der Waals surface area (Å²) in [5.74, 6) is 0.855. The molecule has 5 aromatic heterocycles. The zero-order chi connectivity index (χ0) is 25.5. The Hall–Kier alpha value is -5.42. The van der Waals surface area contributed by atoms with E-state index in [0.717, 1.165) is 55.2 Å². The van der Waals surface area contributed by atoms with E-state index >= 15 is 0 Å². The predicted octanol–water partition coefficient (Wildman–Crippen LogP) is 8.57. The van der Waals surface area contributed by atoms with Gasteiger partial charge in [-0.3, -0.25) is 9.55 Å². The maximum absolute atomic E-state index is 6.20. The van der Waals surface area contributed by atoms with Gasteiger partial charge in [0.2, 0.25) is 0 Å². The average Bonchev–Trinajstić information content (AvgIpc) is 3.65. The van der Waals surface area contributed by atoms with Crippen LogP contribution in [0.4, 0.5) is 0 Å². The molecule has 5 heterocycles. The molecule has 0 bridgehead atoms. The predicted molar refractivity (Wildman–Crippen MR) is 158 cm³/mol. The van der Waals surface area contributed by atoms with Crippen LogP contribution in [0.5, 0.6) is 0 Å². The minimum atomic E-state index is 0.826. The summed E-state index contributed by atoms with van der Waals surface area (Å²) >= 11 is 0. The zero-order valence-electron chi connectivity index (χ0n) is 20.7. The molecule has 0 amide bonds. The molecule has 39 heavy (non-hydrogen) atoms. The fourth-order valence-electron chi connectivity index (χ4n) is 6.24. The molecule has 4 aromatic carbocycles. The second kappa shape index (κ2) is 7.55. The summed E-state index contributed by atoms with van der Waals surface area (Å²) in [5, 5.41) is 6.78. The van der Waals surface area contributed by atoms with Crippen LogP contribution >= 0.6 is 0 Å². The van der Waals surface area contributed by atoms with E-state index in [2.05, 4.69) is 93.0 Å². The van der Waals surface area contributed by atoms with Crippen molar-refractivity contribution >= 4 is 65.6 Å². The highest BCUT2D eigenvalue weighted by Crippen LogP contribution is 2.39. The van der Waals surface area contributed by atoms with Gasteiger partial charge in [-0.15, -0.1) is 0 Å². The Balaban J connectivity index is 1.39. The number of hydrogen-bond donors (Lipinski definition) is 0. The number of nitrogens with zero attached hydrogens (tertiary/aromatic N) is 4. The van der Waals surface area contributed by atoms with Gasteiger partial charge < -0.3 is 8.98 Å². The summed E-state index contributed by atoms with van der Waals surface area (Å²) in [6.45, 7) is 0. The third-order valence-electron chi connectivity index (χ3n) is 7.87. The van der Waals surface area contributed by atoms with Crippen LogP contribution in [0.2, 0.25) is 0 Å². The fourth-order valence-corrected chi connectivity index (χ4v) is 6.24. The van der Waals surface area contributed by atoms with Gasteiger partial charge in [0, 0.05) is 51.2 Å². The number of fused-ring (bicyclic) bond motifs is 9. The van der Waals surface area contributed by atoms with Crippen molar-refractivity contribution in [3.8, 4) is 11.5 Å². The van der Waals surface area contributed by atoms with E-state index in [1.54, 1.807) is 0 Å². The molecule has 5 nitrogen and oxygen atoms in total. The van der Waals surface area contributed by atoms with E-state index < -0.39 is 0 Å². The van der Waals surface area contributed by atoms with Gasteiger partial charge in [0.05, 0.1) is 27.5 Å². The molecule has 0 radical (unpaired) electrons. The molecule has 0 N–H and O–H groups in total. The lowest BCUT2D eigenvalue weighted by atomic mass is 10.1. The van der Waals surface area contributed by atoms with Gasteiger partial charge in [-0.25, -0.2) is 4.98 Å². The molecule has 0 fully saturated rings. The lowest BCUT2D eigenvalue weighted by Crippen LogP contribution is -1.98. The van der Waals surface area contributed by atoms with Crippen molar-refractivity contribution in [3.05, 3.63) is 122 Å². The number of hydrogen-bond acceptors (Lipinski definition) is 3. The maximum Gasteiger partial charge on any atom is 0.149 e. The molecule has 0 saturated carbocycles. The Morgan fingerprint density at radius 3 is 2.03 bits per heavy atom. The number of para-hydroxylation sites is 3. The Kier molecular flexibility index (Phi) is 3.99. The standard InChI is InChI=1S/C34H20N4O/c1-4-10-27-22(7-1)23-8-2-5-11-28(23)37(27)21-13-14-29-25(19-21)26-20-35-17-15-30(26)38(29)34-33-24-9-3-6-12-31(24)39-32(33)16-18-36-34/h1-20H. The zero-order valence-corrected chi connectivity index (χ0v) is 20.7. The molecule has 5 heteroatoms. The summed E-state index contributed by atoms with van der Waals surface area (Å²) in [7, 11) is 0. The van der Waals surface area contributed by atoms with Crippen molar-refractivity contribution < 1.29 is 4.42 Å². The molecule has 9 rings (SSSR count). The Labute approximate surface area is 222 Å². The number of pyridine rings is 2. The lowest BCUT2D eigenvalue weighted by molar-refractivity contribution is 0.668. The number of rotatable bonds is 2. The molecule has 0 atom stereocenters. The summed E-state index contributed by atoms with van der Waals surface area (Å²) in [5.41, 5.74) is 7.32. The van der Waals surface area contributed by atoms with Crippen LogP contribution in [0.15, 0.2) is 126 Å². The molecular formula is C34H20N4O. The van der Waals surface area contributed by atoms with Gasteiger partial charge in [0.25, 0.3) is 0 Å². The molecule has 0 spiro atoms. The Morgan fingerprint density at radius 1 is 0.513 bits per heavy atom. The highest BCUT2D eigenvalue weighted by atomic mass is 16.3. The van der Waals surface area contributed by atoms with Crippen LogP contribution in [0.3, 0.4) is 0 Å². The van der Waals surface area contributed by atoms with E-state index in [0.29, 0.717) is 0 Å². The van der Waals surface area contributed by atoms with Crippen molar-refractivity contribution in [2.75, 3.05) is 0 Å². The van der Waals surface area contributed by atoms with E-state index in [9.17, 15) is 0 Å². The SMILES string of the molecule is c1ccc2c(c1)oc1ccnc(-n3c4ccncc4c4cc(-n5c6ccccc6c6ccccc65)ccc43)c12. The topological polar surface area (TPSA) is 48.8 Å². The van der Waals surface area contributed by atoms with Crippen LogP contribution in [-0.2, 0) is 0 Å². The highest BCUT2D eigenvalue weighted by Gasteiger charge is 2.20. The second-order valence-corrected chi connectivity index (χ2v) is 9.91. The van der Waals surface area contributed by atoms with Crippen molar-refractivity contribution in [2.45, 2.75) is 0 Å². The molecule has 0 aliphatic heterocycles. The van der Waals surface area contributed by atoms with Crippen molar-refractivity contribution in [1.29, 1.82) is 0 Å². The summed E-state index contributed by atoms with van der Waals surface area (Å²) < 4.78 is 10.8. The van der Waals surface area contributed by atoms with Gasteiger partial charge in [-0.2, -0.15) is 0 Å². The number of aromatic nitrogens is 4. The molecular weight excluding hydrogens is 480 g/mol. The normalized spacial score (nSPS) is 12.1. The van der Waals surface area contributed by atoms with E-state index in [-0.39, 0.29) is 0 Å². The van der Waals surface area contributed by atoms with Crippen LogP contribution < -0.4 is 0 Å². The average molecular weight is 501 g/mol. The summed E-state index contributed by atoms with van der Waals surface area (Å²) in [6.07, 6.45) is 5.63. The van der Waals surface area contributed by atoms with Crippen molar-refractivity contribution in [3.63, 3.8) is 0 Å². The van der Waals surface area contributed by atoms with E-state index in [1.165, 1.54) is 21.8 Å². The molecule has 182 valence electrons. The second-order valence-electron chi connectivity index (χ2n) is 9.91. The quantitative estimate of drug-likeness (QED) is 0.239. The minimum absolute atomic E-state index is 0.826. The van der Waals surface area contributed by atoms with Crippen LogP contribution in [0, 0.1) is 0 Å². The van der Waals surface area contributed by atoms with Gasteiger partial charge in [-0.1, -0.05) is 54.6 Å². The first-order valence-electron chi connectivity index (χ1n) is 13.0. The minimum Gasteiger partial charge on any atom is -0.456 e. The smallest absolute Gasteiger partial charge is 0.149 e. The van der Waals surface area contributed by atoms with Crippen LogP contribution in [0.25, 0.3) is 77.1 Å². The largest absolute Gasteiger partial charge is 0.456 e. The molecule has 0 aliphatic carbocycles. The van der Waals surface area contributed by atoms with Gasteiger partial charge in [0.15, 0.2) is 0 Å². The molecule has 0 saturated heterocycles. The first kappa shape index (κ1) is 20.6. The third-order valence-corrected chi connectivity index (χ3v) is 7.87. The Morgan fingerprint density at radius 2 is 1.21 bits per heavy atom. The molecule has 0 aliphatic rings. The maximum atomic E-state index is 6.20. The van der Waals surface area contributed by atoms with E-state index in [4.69, 9.17) is 9.40 Å². The Bertz CT molecular complexity index is 2350. The fraction of sp³-hybridized carbons (Fsp3) is 0. The van der Waals surface area contributed by atoms with Crippen molar-refractivity contribution in [2.24, 2.45) is 0 Å². The first-order chi connectivity index (χ1) is 19.4. The highest BCUT2D eigenvalue weighted by molar-refractivity contribution is 6.14. The lowest BCUT2D eigenvalue weighted by Gasteiger charge is -2.10. The van der Waals surface area contributed by atoms with Crippen LogP contribution in [-0.4, -0.2) is 19.1 Å². The van der Waals surface area contributed by atoms with E-state index in [1.807, 2.05) is 42.9 Å². The summed E-state index contributed by atoms with van der Waals surface area (Å²) in [6, 6.07) is 36.1. The van der Waals surface area contributed by atoms with Gasteiger partial charge in [0.1, 0.15) is 17.0 Å². The number of furan rings is 1.